The topological polar surface area (TPSA) is 91.8 Å². The number of rotatable bonds is 1. The first-order valence-electron chi connectivity index (χ1n) is 3.52. The van der Waals surface area contributed by atoms with Gasteiger partial charge in [-0.2, -0.15) is 0 Å². The number of nitrogens with zero attached hydrogens (tertiary/aromatic N) is 1. The van der Waals surface area contributed by atoms with E-state index in [-0.39, 0.29) is 0 Å². The minimum atomic E-state index is -3.53. The molecule has 1 aliphatic rings. The normalized spacial score (nSPS) is 27.3. The summed E-state index contributed by atoms with van der Waals surface area (Å²) in [5.41, 5.74) is 0. The molecule has 1 amide bonds. The fraction of sp³-hybridized carbons (Fsp3) is 0.667. The van der Waals surface area contributed by atoms with Gasteiger partial charge in [0.25, 0.3) is 0 Å². The van der Waals surface area contributed by atoms with E-state index < -0.39 is 39.3 Å². The van der Waals surface area contributed by atoms with E-state index in [1.165, 1.54) is 7.05 Å². The molecule has 1 N–H and O–H groups in total. The summed E-state index contributed by atoms with van der Waals surface area (Å²) in [6.45, 7) is 0. The zero-order valence-corrected chi connectivity index (χ0v) is 7.74. The number of likely N-dealkylation sites (N-methyl/N-ethyl adjacent to an activating group) is 1. The van der Waals surface area contributed by atoms with Crippen molar-refractivity contribution in [3.8, 4) is 0 Å². The number of hydrogen-bond donors (Lipinski definition) is 1. The highest BCUT2D eigenvalue weighted by Gasteiger charge is 2.38. The highest BCUT2D eigenvalue weighted by atomic mass is 32.2. The number of carbonyl (C=O) groups is 2. The van der Waals surface area contributed by atoms with Crippen LogP contribution in [0, 0.1) is 0 Å². The molecule has 1 heterocycles. The van der Waals surface area contributed by atoms with Crippen molar-refractivity contribution >= 4 is 21.7 Å². The van der Waals surface area contributed by atoms with Gasteiger partial charge in [0, 0.05) is 7.05 Å². The van der Waals surface area contributed by atoms with Crippen LogP contribution in [0.4, 0.5) is 0 Å². The number of carboxylic acid groups (broad SMARTS) is 1. The highest BCUT2D eigenvalue weighted by molar-refractivity contribution is 7.92. The summed E-state index contributed by atoms with van der Waals surface area (Å²) in [4.78, 5) is 22.5. The summed E-state index contributed by atoms with van der Waals surface area (Å²) in [6, 6.07) is -1.24. The van der Waals surface area contributed by atoms with Gasteiger partial charge in [-0.1, -0.05) is 0 Å². The first-order chi connectivity index (χ1) is 5.83. The Hall–Kier alpha value is -1.11. The van der Waals surface area contributed by atoms with E-state index in [0.29, 0.717) is 0 Å². The zero-order valence-electron chi connectivity index (χ0n) is 6.93. The van der Waals surface area contributed by atoms with Gasteiger partial charge in [-0.25, -0.2) is 13.2 Å². The maximum atomic E-state index is 11.0. The lowest BCUT2D eigenvalue weighted by Crippen LogP contribution is -2.53. The Morgan fingerprint density at radius 1 is 1.62 bits per heavy atom. The van der Waals surface area contributed by atoms with Crippen LogP contribution in [0.15, 0.2) is 0 Å². The summed E-state index contributed by atoms with van der Waals surface area (Å²) >= 11 is 0. The van der Waals surface area contributed by atoms with Crippen LogP contribution in [-0.2, 0) is 19.4 Å². The predicted molar refractivity (Wildman–Crippen MR) is 42.8 cm³/mol. The largest absolute Gasteiger partial charge is 0.480 e. The second-order valence-electron chi connectivity index (χ2n) is 2.91. The number of amides is 1. The van der Waals surface area contributed by atoms with Crippen molar-refractivity contribution < 1.29 is 23.1 Å². The van der Waals surface area contributed by atoms with E-state index in [1.807, 2.05) is 0 Å². The van der Waals surface area contributed by atoms with Crippen molar-refractivity contribution in [2.45, 2.75) is 6.04 Å². The fourth-order valence-electron chi connectivity index (χ4n) is 1.11. The van der Waals surface area contributed by atoms with Crippen LogP contribution in [-0.4, -0.2) is 54.9 Å². The van der Waals surface area contributed by atoms with Gasteiger partial charge in [-0.05, 0) is 0 Å². The second-order valence-corrected chi connectivity index (χ2v) is 5.02. The Morgan fingerprint density at radius 3 is 2.62 bits per heavy atom. The lowest BCUT2D eigenvalue weighted by atomic mass is 10.3. The number of sulfone groups is 1. The van der Waals surface area contributed by atoms with Crippen molar-refractivity contribution in [1.82, 2.24) is 4.90 Å². The second kappa shape index (κ2) is 2.99. The molecule has 1 fully saturated rings. The van der Waals surface area contributed by atoms with Crippen molar-refractivity contribution in [3.05, 3.63) is 0 Å². The van der Waals surface area contributed by atoms with Gasteiger partial charge in [0.1, 0.15) is 11.8 Å². The van der Waals surface area contributed by atoms with Gasteiger partial charge in [0.2, 0.25) is 5.91 Å². The van der Waals surface area contributed by atoms with Crippen molar-refractivity contribution in [2.75, 3.05) is 18.6 Å². The van der Waals surface area contributed by atoms with E-state index in [2.05, 4.69) is 0 Å². The smallest absolute Gasteiger partial charge is 0.327 e. The molecular weight excluding hydrogens is 198 g/mol. The van der Waals surface area contributed by atoms with Crippen LogP contribution < -0.4 is 0 Å². The number of carboxylic acids is 1. The monoisotopic (exact) mass is 207 g/mol. The Morgan fingerprint density at radius 2 is 2.15 bits per heavy atom. The van der Waals surface area contributed by atoms with Gasteiger partial charge in [0.15, 0.2) is 9.84 Å². The van der Waals surface area contributed by atoms with Crippen LogP contribution >= 0.6 is 0 Å². The first-order valence-corrected chi connectivity index (χ1v) is 5.34. The van der Waals surface area contributed by atoms with E-state index >= 15 is 0 Å². The molecule has 13 heavy (non-hydrogen) atoms. The van der Waals surface area contributed by atoms with Crippen LogP contribution in [0.3, 0.4) is 0 Å². The Bertz CT molecular complexity index is 346. The molecule has 1 unspecified atom stereocenters. The summed E-state index contributed by atoms with van der Waals surface area (Å²) in [5, 5.41) is 8.60. The highest BCUT2D eigenvalue weighted by Crippen LogP contribution is 2.10. The molecule has 1 rings (SSSR count). The van der Waals surface area contributed by atoms with Gasteiger partial charge < -0.3 is 10.0 Å². The lowest BCUT2D eigenvalue weighted by molar-refractivity contribution is -0.147. The van der Waals surface area contributed by atoms with E-state index in [0.717, 1.165) is 4.90 Å². The molecule has 0 aromatic heterocycles. The molecule has 1 aliphatic heterocycles. The van der Waals surface area contributed by atoms with Gasteiger partial charge >= 0.3 is 5.97 Å². The van der Waals surface area contributed by atoms with Crippen molar-refractivity contribution in [2.24, 2.45) is 0 Å². The SMILES string of the molecule is CN1C(=O)CS(=O)(=O)CC1C(=O)O. The van der Waals surface area contributed by atoms with Crippen LogP contribution in [0.2, 0.25) is 0 Å². The molecule has 0 saturated carbocycles. The Labute approximate surface area is 75.1 Å². The van der Waals surface area contributed by atoms with Crippen molar-refractivity contribution in [1.29, 1.82) is 0 Å². The van der Waals surface area contributed by atoms with Crippen LogP contribution in [0.1, 0.15) is 0 Å². The average molecular weight is 207 g/mol. The van der Waals surface area contributed by atoms with Gasteiger partial charge in [0.05, 0.1) is 5.75 Å². The Balaban J connectivity index is 2.98. The minimum Gasteiger partial charge on any atom is -0.480 e. The average Bonchev–Trinajstić information content (AvgIpc) is 1.95. The molecule has 0 aromatic rings. The van der Waals surface area contributed by atoms with Gasteiger partial charge in [-0.3, -0.25) is 4.79 Å². The number of hydrogen-bond acceptors (Lipinski definition) is 4. The molecule has 0 radical (unpaired) electrons. The van der Waals surface area contributed by atoms with E-state index in [9.17, 15) is 18.0 Å². The molecular formula is C6H9NO5S. The standard InChI is InChI=1S/C6H9NO5S/c1-7-4(6(9)10)2-13(11,12)3-5(7)8/h4H,2-3H2,1H3,(H,9,10). The number of aliphatic carboxylic acids is 1. The molecule has 0 spiro atoms. The first kappa shape index (κ1) is 9.97. The predicted octanol–water partition coefficient (Wildman–Crippen LogP) is -1.67. The summed E-state index contributed by atoms with van der Waals surface area (Å²) < 4.78 is 22.0. The fourth-order valence-corrected chi connectivity index (χ4v) is 2.66. The maximum absolute atomic E-state index is 11.0. The number of carbonyl (C=O) groups excluding carboxylic acids is 1. The van der Waals surface area contributed by atoms with Gasteiger partial charge in [-0.15, -0.1) is 0 Å². The van der Waals surface area contributed by atoms with Crippen molar-refractivity contribution in [3.63, 3.8) is 0 Å². The molecule has 1 saturated heterocycles. The zero-order chi connectivity index (χ0) is 10.2. The molecule has 74 valence electrons. The summed E-state index contributed by atoms with van der Waals surface area (Å²) in [5.74, 6) is -3.05. The molecule has 0 bridgehead atoms. The molecule has 1 atom stereocenters. The van der Waals surface area contributed by atoms with Crippen LogP contribution in [0.25, 0.3) is 0 Å². The molecule has 0 aromatic carbocycles. The Kier molecular flexibility index (Phi) is 2.29. The molecule has 0 aliphatic carbocycles. The third-order valence-electron chi connectivity index (χ3n) is 1.90. The lowest BCUT2D eigenvalue weighted by Gasteiger charge is -2.28. The van der Waals surface area contributed by atoms with Crippen LogP contribution in [0.5, 0.6) is 0 Å². The quantitative estimate of drug-likeness (QED) is 0.555. The van der Waals surface area contributed by atoms with E-state index in [4.69, 9.17) is 5.11 Å². The summed E-state index contributed by atoms with van der Waals surface area (Å²) in [6.07, 6.45) is 0. The molecule has 6 nitrogen and oxygen atoms in total. The third kappa shape index (κ3) is 1.97. The summed E-state index contributed by atoms with van der Waals surface area (Å²) in [7, 11) is -2.24. The minimum absolute atomic E-state index is 0.495. The van der Waals surface area contributed by atoms with E-state index in [1.54, 1.807) is 0 Å². The maximum Gasteiger partial charge on any atom is 0.327 e. The molecule has 7 heteroatoms. The third-order valence-corrected chi connectivity index (χ3v) is 3.41.